The third kappa shape index (κ3) is 3.94. The number of hydrogen-bond acceptors (Lipinski definition) is 2. The van der Waals surface area contributed by atoms with Crippen molar-refractivity contribution in [2.75, 3.05) is 0 Å². The molecule has 1 N–H and O–H groups in total. The highest BCUT2D eigenvalue weighted by Gasteiger charge is 2.32. The summed E-state index contributed by atoms with van der Waals surface area (Å²) in [4.78, 5) is 0. The normalized spacial score (nSPS) is 21.9. The van der Waals surface area contributed by atoms with Gasteiger partial charge in [0, 0.05) is 27.9 Å². The molecule has 3 atom stereocenters. The van der Waals surface area contributed by atoms with Gasteiger partial charge in [0.25, 0.3) is 0 Å². The van der Waals surface area contributed by atoms with E-state index in [0.717, 1.165) is 24.8 Å². The van der Waals surface area contributed by atoms with E-state index in [1.165, 1.54) is 14.8 Å². The number of nitrogens with one attached hydrogen (secondary N) is 1. The van der Waals surface area contributed by atoms with Gasteiger partial charge in [0.15, 0.2) is 0 Å². The van der Waals surface area contributed by atoms with Gasteiger partial charge in [-0.3, -0.25) is 4.68 Å². The van der Waals surface area contributed by atoms with E-state index in [2.05, 4.69) is 64.2 Å². The molecule has 3 rings (SSSR count). The Kier molecular flexibility index (Phi) is 5.36. The largest absolute Gasteiger partial charge is 0.305 e. The van der Waals surface area contributed by atoms with Gasteiger partial charge in [-0.15, -0.1) is 0 Å². The van der Waals surface area contributed by atoms with Gasteiger partial charge in [-0.25, -0.2) is 4.39 Å². The van der Waals surface area contributed by atoms with E-state index in [-0.39, 0.29) is 12.1 Å². The Morgan fingerprint density at radius 1 is 1.39 bits per heavy atom. The molecule has 3 nitrogen and oxygen atoms in total. The summed E-state index contributed by atoms with van der Waals surface area (Å²) in [5, 5.41) is 7.79. The number of alkyl halides is 1. The van der Waals surface area contributed by atoms with Crippen molar-refractivity contribution in [3.8, 4) is 0 Å². The minimum Gasteiger partial charge on any atom is -0.305 e. The molecule has 0 saturated carbocycles. The predicted molar refractivity (Wildman–Crippen MR) is 99.2 cm³/mol. The second-order valence-electron chi connectivity index (χ2n) is 6.44. The summed E-state index contributed by atoms with van der Waals surface area (Å²) in [6.07, 6.45) is 4.36. The SMILES string of the molecule is CC(CCc1ccc(I)cc1)NC1c2cnn(C)c2CCC1F. The molecule has 0 saturated heterocycles. The van der Waals surface area contributed by atoms with Crippen molar-refractivity contribution < 1.29 is 4.39 Å². The second kappa shape index (κ2) is 7.30. The highest BCUT2D eigenvalue weighted by atomic mass is 127. The van der Waals surface area contributed by atoms with Gasteiger partial charge in [0.05, 0.1) is 12.2 Å². The first-order valence-corrected chi connectivity index (χ1v) is 9.28. The van der Waals surface area contributed by atoms with Gasteiger partial charge in [0.1, 0.15) is 6.17 Å². The van der Waals surface area contributed by atoms with Gasteiger partial charge < -0.3 is 5.32 Å². The molecule has 0 spiro atoms. The molecular weight excluding hydrogens is 404 g/mol. The number of aromatic nitrogens is 2. The Morgan fingerprint density at radius 2 is 2.13 bits per heavy atom. The fraction of sp³-hybridized carbons (Fsp3) is 0.500. The fourth-order valence-electron chi connectivity index (χ4n) is 3.30. The van der Waals surface area contributed by atoms with Crippen LogP contribution in [0.2, 0.25) is 0 Å². The quantitative estimate of drug-likeness (QED) is 0.733. The third-order valence-corrected chi connectivity index (χ3v) is 5.41. The molecule has 2 aromatic rings. The van der Waals surface area contributed by atoms with Gasteiger partial charge in [-0.2, -0.15) is 5.10 Å². The van der Waals surface area contributed by atoms with Crippen molar-refractivity contribution in [3.63, 3.8) is 0 Å². The Hall–Kier alpha value is -0.950. The maximum absolute atomic E-state index is 14.4. The molecule has 3 unspecified atom stereocenters. The standard InChI is InChI=1S/C18H23FIN3/c1-12(3-4-13-5-7-14(20)8-6-13)22-18-15-11-21-23(2)17(15)10-9-16(18)19/h5-8,11-12,16,18,22H,3-4,9-10H2,1-2H3. The first-order chi connectivity index (χ1) is 11.0. The third-order valence-electron chi connectivity index (χ3n) is 4.69. The monoisotopic (exact) mass is 427 g/mol. The number of aryl methyl sites for hydroxylation is 2. The van der Waals surface area contributed by atoms with Crippen LogP contribution in [0.3, 0.4) is 0 Å². The number of rotatable bonds is 5. The summed E-state index contributed by atoms with van der Waals surface area (Å²) >= 11 is 2.32. The molecule has 1 heterocycles. The molecule has 1 aromatic carbocycles. The van der Waals surface area contributed by atoms with E-state index in [4.69, 9.17) is 0 Å². The van der Waals surface area contributed by atoms with Crippen LogP contribution in [0.5, 0.6) is 0 Å². The molecule has 0 radical (unpaired) electrons. The zero-order chi connectivity index (χ0) is 16.4. The maximum Gasteiger partial charge on any atom is 0.120 e. The van der Waals surface area contributed by atoms with Crippen LogP contribution < -0.4 is 5.32 Å². The van der Waals surface area contributed by atoms with Gasteiger partial charge in [-0.1, -0.05) is 12.1 Å². The van der Waals surface area contributed by atoms with Gasteiger partial charge >= 0.3 is 0 Å². The molecule has 124 valence electrons. The zero-order valence-electron chi connectivity index (χ0n) is 13.6. The van der Waals surface area contributed by atoms with Crippen molar-refractivity contribution in [1.82, 2.24) is 15.1 Å². The summed E-state index contributed by atoms with van der Waals surface area (Å²) in [6.45, 7) is 2.14. The lowest BCUT2D eigenvalue weighted by Gasteiger charge is -2.30. The Morgan fingerprint density at radius 3 is 2.87 bits per heavy atom. The Labute approximate surface area is 150 Å². The lowest BCUT2D eigenvalue weighted by Crippen LogP contribution is -2.39. The van der Waals surface area contributed by atoms with E-state index in [0.29, 0.717) is 6.42 Å². The van der Waals surface area contributed by atoms with Crippen LogP contribution in [-0.4, -0.2) is 22.0 Å². The molecule has 0 bridgehead atoms. The van der Waals surface area contributed by atoms with E-state index in [1.54, 1.807) is 0 Å². The predicted octanol–water partition coefficient (Wildman–Crippen LogP) is 3.96. The molecular formula is C18H23FIN3. The lowest BCUT2D eigenvalue weighted by molar-refractivity contribution is 0.209. The van der Waals surface area contributed by atoms with E-state index in [1.807, 2.05) is 17.9 Å². The van der Waals surface area contributed by atoms with Crippen LogP contribution in [-0.2, 0) is 19.9 Å². The average Bonchev–Trinajstić information content (AvgIpc) is 2.91. The highest BCUT2D eigenvalue weighted by Crippen LogP contribution is 2.32. The van der Waals surface area contributed by atoms with Crippen LogP contribution in [0.4, 0.5) is 4.39 Å². The molecule has 1 aliphatic carbocycles. The number of hydrogen-bond donors (Lipinski definition) is 1. The van der Waals surface area contributed by atoms with Gasteiger partial charge in [-0.05, 0) is 72.9 Å². The minimum atomic E-state index is -0.826. The Bertz CT molecular complexity index is 653. The van der Waals surface area contributed by atoms with Crippen LogP contribution in [0.25, 0.3) is 0 Å². The van der Waals surface area contributed by atoms with Gasteiger partial charge in [0.2, 0.25) is 0 Å². The van der Waals surface area contributed by atoms with Crippen molar-refractivity contribution in [2.24, 2.45) is 7.05 Å². The lowest BCUT2D eigenvalue weighted by atomic mass is 9.90. The van der Waals surface area contributed by atoms with Crippen molar-refractivity contribution in [3.05, 3.63) is 50.9 Å². The number of nitrogens with zero attached hydrogens (tertiary/aromatic N) is 2. The molecule has 0 amide bonds. The average molecular weight is 427 g/mol. The second-order valence-corrected chi connectivity index (χ2v) is 7.68. The summed E-state index contributed by atoms with van der Waals surface area (Å²) in [6, 6.07) is 8.66. The maximum atomic E-state index is 14.4. The first kappa shape index (κ1) is 16.9. The van der Waals surface area contributed by atoms with Crippen LogP contribution >= 0.6 is 22.6 Å². The molecule has 1 aliphatic rings. The highest BCUT2D eigenvalue weighted by molar-refractivity contribution is 14.1. The van der Waals surface area contributed by atoms with E-state index < -0.39 is 6.17 Å². The minimum absolute atomic E-state index is 0.223. The Balaban J connectivity index is 1.61. The number of fused-ring (bicyclic) bond motifs is 1. The van der Waals surface area contributed by atoms with Crippen molar-refractivity contribution in [1.29, 1.82) is 0 Å². The van der Waals surface area contributed by atoms with Crippen molar-refractivity contribution >= 4 is 22.6 Å². The van der Waals surface area contributed by atoms with Crippen molar-refractivity contribution in [2.45, 2.75) is 50.9 Å². The molecule has 1 aromatic heterocycles. The smallest absolute Gasteiger partial charge is 0.120 e. The van der Waals surface area contributed by atoms with Crippen LogP contribution in [0.1, 0.15) is 42.6 Å². The first-order valence-electron chi connectivity index (χ1n) is 8.20. The van der Waals surface area contributed by atoms with E-state index in [9.17, 15) is 4.39 Å². The summed E-state index contributed by atoms with van der Waals surface area (Å²) in [5.74, 6) is 0. The zero-order valence-corrected chi connectivity index (χ0v) is 15.8. The molecule has 5 heteroatoms. The number of halogens is 2. The van der Waals surface area contributed by atoms with Crippen LogP contribution in [0.15, 0.2) is 30.5 Å². The topological polar surface area (TPSA) is 29.9 Å². The summed E-state index contributed by atoms with van der Waals surface area (Å²) < 4.78 is 17.5. The number of benzene rings is 1. The fourth-order valence-corrected chi connectivity index (χ4v) is 3.66. The summed E-state index contributed by atoms with van der Waals surface area (Å²) in [5.41, 5.74) is 3.54. The van der Waals surface area contributed by atoms with E-state index >= 15 is 0 Å². The summed E-state index contributed by atoms with van der Waals surface area (Å²) in [7, 11) is 1.94. The molecule has 23 heavy (non-hydrogen) atoms. The molecule has 0 fully saturated rings. The van der Waals surface area contributed by atoms with Crippen LogP contribution in [0, 0.1) is 3.57 Å². The molecule has 0 aliphatic heterocycles.